The number of carbonyl (C=O) groups is 1. The SMILES string of the molecule is C=C(CCC(F)(F)C(F)C(F)(F)F)C(=O)O.CCC(CO)(CO)CO. The first kappa shape index (κ1) is 25.9. The first-order chi connectivity index (χ1) is 11.2. The van der Waals surface area contributed by atoms with E-state index in [2.05, 4.69) is 6.58 Å². The molecule has 0 fully saturated rings. The fraction of sp³-hybridized carbons (Fsp3) is 0.786. The van der Waals surface area contributed by atoms with Crippen molar-refractivity contribution >= 4 is 5.97 Å². The maximum atomic E-state index is 12.6. The van der Waals surface area contributed by atoms with Crippen molar-refractivity contribution in [3.8, 4) is 0 Å². The number of carboxylic acid groups (broad SMARTS) is 1. The Kier molecular flexibility index (Phi) is 11.0. The second kappa shape index (κ2) is 10.6. The maximum Gasteiger partial charge on any atom is 0.425 e. The van der Waals surface area contributed by atoms with Crippen LogP contribution in [0.2, 0.25) is 0 Å². The maximum absolute atomic E-state index is 12.6. The Morgan fingerprint density at radius 1 is 1.04 bits per heavy atom. The largest absolute Gasteiger partial charge is 0.478 e. The number of halogens is 6. The number of aliphatic hydroxyl groups is 3. The molecule has 0 aliphatic rings. The molecule has 0 aromatic rings. The molecule has 0 aliphatic carbocycles. The summed E-state index contributed by atoms with van der Waals surface area (Å²) in [4.78, 5) is 10.1. The van der Waals surface area contributed by atoms with Crippen LogP contribution in [0.25, 0.3) is 0 Å². The fourth-order valence-electron chi connectivity index (χ4n) is 1.28. The minimum Gasteiger partial charge on any atom is -0.478 e. The van der Waals surface area contributed by atoms with E-state index >= 15 is 0 Å². The minimum atomic E-state index is -5.67. The molecule has 1 unspecified atom stereocenters. The lowest BCUT2D eigenvalue weighted by Gasteiger charge is -2.24. The van der Waals surface area contributed by atoms with Crippen molar-refractivity contribution in [3.63, 3.8) is 0 Å². The van der Waals surface area contributed by atoms with Crippen molar-refractivity contribution in [2.24, 2.45) is 5.41 Å². The average Bonchev–Trinajstić information content (AvgIpc) is 2.54. The first-order valence-corrected chi connectivity index (χ1v) is 7.05. The van der Waals surface area contributed by atoms with Gasteiger partial charge >= 0.3 is 12.1 Å². The monoisotopic (exact) mass is 384 g/mol. The van der Waals surface area contributed by atoms with Crippen LogP contribution in [0.15, 0.2) is 12.2 Å². The van der Waals surface area contributed by atoms with Gasteiger partial charge in [-0.25, -0.2) is 18.0 Å². The summed E-state index contributed by atoms with van der Waals surface area (Å²) < 4.78 is 72.4. The lowest BCUT2D eigenvalue weighted by molar-refractivity contribution is -0.245. The van der Waals surface area contributed by atoms with Crippen molar-refractivity contribution in [1.82, 2.24) is 0 Å². The lowest BCUT2D eigenvalue weighted by atomic mass is 9.88. The molecule has 1 atom stereocenters. The smallest absolute Gasteiger partial charge is 0.425 e. The zero-order valence-corrected chi connectivity index (χ0v) is 13.5. The zero-order chi connectivity index (χ0) is 20.5. The van der Waals surface area contributed by atoms with Crippen LogP contribution in [0.4, 0.5) is 26.3 Å². The molecule has 0 amide bonds. The van der Waals surface area contributed by atoms with Crippen LogP contribution in [-0.4, -0.2) is 64.5 Å². The zero-order valence-electron chi connectivity index (χ0n) is 13.5. The molecule has 0 radical (unpaired) electrons. The standard InChI is InChI=1S/C8H8F6O2.C6H14O3/c1-4(5(15)16)2-3-7(10,11)6(9)8(12,13)14;1-2-6(3-7,4-8)5-9/h6H,1-3H2,(H,15,16);7-9H,2-5H2,1H3. The van der Waals surface area contributed by atoms with Gasteiger partial charge in [0.25, 0.3) is 12.1 Å². The Morgan fingerprint density at radius 2 is 1.44 bits per heavy atom. The number of aliphatic carboxylic acids is 1. The molecule has 0 aliphatic heterocycles. The molecule has 0 saturated heterocycles. The average molecular weight is 384 g/mol. The van der Waals surface area contributed by atoms with Crippen LogP contribution >= 0.6 is 0 Å². The Bertz CT molecular complexity index is 403. The molecule has 0 saturated carbocycles. The van der Waals surface area contributed by atoms with Gasteiger partial charge in [-0.15, -0.1) is 0 Å². The quantitative estimate of drug-likeness (QED) is 0.361. The fourth-order valence-corrected chi connectivity index (χ4v) is 1.28. The molecule has 0 aromatic heterocycles. The van der Waals surface area contributed by atoms with Gasteiger partial charge in [0.2, 0.25) is 0 Å². The van der Waals surface area contributed by atoms with E-state index < -0.39 is 48.1 Å². The van der Waals surface area contributed by atoms with E-state index in [1.165, 1.54) is 0 Å². The predicted octanol–water partition coefficient (Wildman–Crippen LogP) is 2.30. The van der Waals surface area contributed by atoms with Crippen LogP contribution in [0.5, 0.6) is 0 Å². The van der Waals surface area contributed by atoms with E-state index in [-0.39, 0.29) is 19.8 Å². The number of alkyl halides is 6. The van der Waals surface area contributed by atoms with E-state index in [9.17, 15) is 31.1 Å². The van der Waals surface area contributed by atoms with Gasteiger partial charge in [-0.2, -0.15) is 13.2 Å². The Morgan fingerprint density at radius 3 is 1.64 bits per heavy atom. The van der Waals surface area contributed by atoms with E-state index in [0.717, 1.165) is 0 Å². The number of rotatable bonds is 9. The lowest BCUT2D eigenvalue weighted by Crippen LogP contribution is -2.41. The summed E-state index contributed by atoms with van der Waals surface area (Å²) in [6.45, 7) is 4.20. The molecule has 4 N–H and O–H groups in total. The molecule has 0 aromatic carbocycles. The molecule has 0 rings (SSSR count). The van der Waals surface area contributed by atoms with E-state index in [1.54, 1.807) is 0 Å². The van der Waals surface area contributed by atoms with Crippen molar-refractivity contribution < 1.29 is 51.6 Å². The second-order valence-electron chi connectivity index (χ2n) is 5.40. The van der Waals surface area contributed by atoms with Gasteiger partial charge in [0.15, 0.2) is 0 Å². The normalized spacial score (nSPS) is 13.7. The third kappa shape index (κ3) is 9.07. The van der Waals surface area contributed by atoms with Crippen LogP contribution in [-0.2, 0) is 4.79 Å². The highest BCUT2D eigenvalue weighted by Crippen LogP contribution is 2.38. The van der Waals surface area contributed by atoms with Crippen LogP contribution in [0.3, 0.4) is 0 Å². The van der Waals surface area contributed by atoms with Crippen molar-refractivity contribution in [3.05, 3.63) is 12.2 Å². The van der Waals surface area contributed by atoms with E-state index in [4.69, 9.17) is 20.4 Å². The summed E-state index contributed by atoms with van der Waals surface area (Å²) in [5, 5.41) is 34.2. The Labute approximate surface area is 140 Å². The van der Waals surface area contributed by atoms with Gasteiger partial charge in [0.1, 0.15) is 0 Å². The Hall–Kier alpha value is -1.33. The van der Waals surface area contributed by atoms with Gasteiger partial charge < -0.3 is 20.4 Å². The minimum absolute atomic E-state index is 0.156. The molecule has 11 heteroatoms. The van der Waals surface area contributed by atoms with Crippen LogP contribution < -0.4 is 0 Å². The summed E-state index contributed by atoms with van der Waals surface area (Å²) in [7, 11) is 0. The van der Waals surface area contributed by atoms with Gasteiger partial charge in [0.05, 0.1) is 19.8 Å². The molecule has 0 bridgehead atoms. The highest BCUT2D eigenvalue weighted by Gasteiger charge is 2.56. The van der Waals surface area contributed by atoms with E-state index in [1.807, 2.05) is 6.92 Å². The highest BCUT2D eigenvalue weighted by molar-refractivity contribution is 5.85. The summed E-state index contributed by atoms with van der Waals surface area (Å²) in [5.74, 6) is -6.27. The highest BCUT2D eigenvalue weighted by atomic mass is 19.4. The third-order valence-electron chi connectivity index (χ3n) is 3.48. The summed E-state index contributed by atoms with van der Waals surface area (Å²) in [6, 6.07) is 0. The van der Waals surface area contributed by atoms with Gasteiger partial charge in [-0.1, -0.05) is 13.5 Å². The Balaban J connectivity index is 0. The summed E-state index contributed by atoms with van der Waals surface area (Å²) in [5.41, 5.74) is -1.37. The second-order valence-corrected chi connectivity index (χ2v) is 5.40. The number of hydrogen-bond donors (Lipinski definition) is 4. The van der Waals surface area contributed by atoms with Crippen molar-refractivity contribution in [1.29, 1.82) is 0 Å². The van der Waals surface area contributed by atoms with Crippen molar-refractivity contribution in [2.45, 2.75) is 44.5 Å². The van der Waals surface area contributed by atoms with Gasteiger partial charge in [-0.3, -0.25) is 0 Å². The van der Waals surface area contributed by atoms with Gasteiger partial charge in [0, 0.05) is 17.4 Å². The van der Waals surface area contributed by atoms with Crippen LogP contribution in [0.1, 0.15) is 26.2 Å². The summed E-state index contributed by atoms with van der Waals surface area (Å²) in [6.07, 6.45) is -11.9. The van der Waals surface area contributed by atoms with E-state index in [0.29, 0.717) is 6.42 Å². The molecular weight excluding hydrogens is 362 g/mol. The van der Waals surface area contributed by atoms with Gasteiger partial charge in [-0.05, 0) is 12.8 Å². The molecule has 0 spiro atoms. The molecule has 25 heavy (non-hydrogen) atoms. The molecule has 0 heterocycles. The number of carboxylic acids is 1. The van der Waals surface area contributed by atoms with Crippen LogP contribution in [0, 0.1) is 5.41 Å². The first-order valence-electron chi connectivity index (χ1n) is 7.05. The summed E-state index contributed by atoms with van der Waals surface area (Å²) >= 11 is 0. The predicted molar refractivity (Wildman–Crippen MR) is 75.9 cm³/mol. The molecule has 150 valence electrons. The van der Waals surface area contributed by atoms with Crippen molar-refractivity contribution in [2.75, 3.05) is 19.8 Å². The number of aliphatic hydroxyl groups excluding tert-OH is 3. The number of hydrogen-bond acceptors (Lipinski definition) is 4. The molecule has 5 nitrogen and oxygen atoms in total. The third-order valence-corrected chi connectivity index (χ3v) is 3.48. The topological polar surface area (TPSA) is 98.0 Å². The molecular formula is C14H22F6O5.